The first-order valence-corrected chi connectivity index (χ1v) is 7.83. The number of aromatic nitrogens is 1. The molecule has 0 aliphatic rings. The SMILES string of the molecule is CNc1cc2c(cc1OP)c(CCN(P)P)cn2P. The van der Waals surface area contributed by atoms with Crippen molar-refractivity contribution in [2.45, 2.75) is 6.42 Å². The van der Waals surface area contributed by atoms with Gasteiger partial charge in [0.1, 0.15) is 5.75 Å². The number of anilines is 1. The first kappa shape index (κ1) is 15.4. The Morgan fingerprint density at radius 2 is 2.11 bits per heavy atom. The van der Waals surface area contributed by atoms with Crippen molar-refractivity contribution in [3.8, 4) is 5.75 Å². The van der Waals surface area contributed by atoms with Crippen LogP contribution in [0.3, 0.4) is 0 Å². The molecule has 0 radical (unpaired) electrons. The average molecular weight is 333 g/mol. The van der Waals surface area contributed by atoms with Gasteiger partial charge >= 0.3 is 0 Å². The maximum absolute atomic E-state index is 5.35. The highest BCUT2D eigenvalue weighted by atomic mass is 31.1. The first-order valence-electron chi connectivity index (χ1n) is 5.81. The van der Waals surface area contributed by atoms with Gasteiger partial charge in [-0.1, -0.05) is 18.8 Å². The Morgan fingerprint density at radius 3 is 2.68 bits per heavy atom. The fraction of sp³-hybridized carbons (Fsp3) is 0.273. The van der Waals surface area contributed by atoms with Crippen LogP contribution in [0.25, 0.3) is 10.9 Å². The van der Waals surface area contributed by atoms with Gasteiger partial charge in [0.25, 0.3) is 0 Å². The molecule has 0 fully saturated rings. The van der Waals surface area contributed by atoms with E-state index >= 15 is 0 Å². The Hall–Kier alpha value is 0.0400. The highest BCUT2D eigenvalue weighted by Crippen LogP contribution is 2.35. The fourth-order valence-corrected chi connectivity index (χ4v) is 2.93. The molecule has 4 atom stereocenters. The summed E-state index contributed by atoms with van der Waals surface area (Å²) < 4.78 is 9.46. The Labute approximate surface area is 123 Å². The van der Waals surface area contributed by atoms with Crippen LogP contribution in [0.1, 0.15) is 5.56 Å². The highest BCUT2D eigenvalue weighted by Gasteiger charge is 2.11. The zero-order chi connectivity index (χ0) is 14.0. The molecular weight excluding hydrogens is 314 g/mol. The van der Waals surface area contributed by atoms with E-state index in [1.54, 1.807) is 0 Å². The second kappa shape index (κ2) is 6.66. The van der Waals surface area contributed by atoms with Crippen LogP contribution in [0.4, 0.5) is 5.69 Å². The van der Waals surface area contributed by atoms with E-state index in [-0.39, 0.29) is 0 Å². The number of hydrogen-bond acceptors (Lipinski definition) is 3. The zero-order valence-electron chi connectivity index (χ0n) is 10.8. The minimum Gasteiger partial charge on any atom is -0.478 e. The third kappa shape index (κ3) is 3.38. The molecule has 1 aromatic carbocycles. The van der Waals surface area contributed by atoms with E-state index in [9.17, 15) is 0 Å². The van der Waals surface area contributed by atoms with Gasteiger partial charge in [-0.25, -0.2) is 0 Å². The maximum Gasteiger partial charge on any atom is 0.146 e. The number of fused-ring (bicyclic) bond motifs is 1. The Bertz CT molecular complexity index is 585. The van der Waals surface area contributed by atoms with Crippen LogP contribution in [0.5, 0.6) is 5.75 Å². The van der Waals surface area contributed by atoms with Gasteiger partial charge in [0.05, 0.1) is 20.7 Å². The summed E-state index contributed by atoms with van der Waals surface area (Å²) in [6.07, 6.45) is 3.14. The van der Waals surface area contributed by atoms with E-state index in [1.165, 1.54) is 16.5 Å². The lowest BCUT2D eigenvalue weighted by Crippen LogP contribution is -2.01. The van der Waals surface area contributed by atoms with Crippen molar-refractivity contribution in [2.24, 2.45) is 0 Å². The number of hydrogen-bond donors (Lipinski definition) is 1. The van der Waals surface area contributed by atoms with Gasteiger partial charge in [0.15, 0.2) is 0 Å². The number of nitrogens with one attached hydrogen (secondary N) is 1. The van der Waals surface area contributed by atoms with Gasteiger partial charge < -0.3 is 14.2 Å². The van der Waals surface area contributed by atoms with Crippen molar-refractivity contribution >= 4 is 54.2 Å². The van der Waals surface area contributed by atoms with Gasteiger partial charge in [0.2, 0.25) is 0 Å². The summed E-state index contributed by atoms with van der Waals surface area (Å²) in [5.41, 5.74) is 3.47. The minimum absolute atomic E-state index is 0.839. The molecule has 0 saturated heterocycles. The van der Waals surface area contributed by atoms with E-state index in [0.717, 1.165) is 24.4 Å². The number of nitrogens with zero attached hydrogens (tertiary/aromatic N) is 2. The lowest BCUT2D eigenvalue weighted by molar-refractivity contribution is 0.649. The lowest BCUT2D eigenvalue weighted by atomic mass is 10.1. The highest BCUT2D eigenvalue weighted by molar-refractivity contribution is 7.30. The molecule has 1 N–H and O–H groups in total. The van der Waals surface area contributed by atoms with Gasteiger partial charge in [-0.2, -0.15) is 0 Å². The monoisotopic (exact) mass is 333 g/mol. The Morgan fingerprint density at radius 1 is 1.37 bits per heavy atom. The molecule has 1 aromatic heterocycles. The smallest absolute Gasteiger partial charge is 0.146 e. The summed E-state index contributed by atoms with van der Waals surface area (Å²) in [6, 6.07) is 4.18. The van der Waals surface area contributed by atoms with Gasteiger partial charge in [-0.15, -0.1) is 0 Å². The third-order valence-corrected chi connectivity index (χ3v) is 4.25. The van der Waals surface area contributed by atoms with Crippen LogP contribution in [-0.2, 0) is 6.42 Å². The van der Waals surface area contributed by atoms with Crippen molar-refractivity contribution in [3.05, 3.63) is 23.9 Å². The van der Waals surface area contributed by atoms with E-state index in [2.05, 4.69) is 65.6 Å². The normalized spacial score (nSPS) is 11.3. The van der Waals surface area contributed by atoms with Crippen LogP contribution in [0.2, 0.25) is 0 Å². The van der Waals surface area contributed by atoms with E-state index in [0.29, 0.717) is 0 Å². The van der Waals surface area contributed by atoms with Crippen molar-refractivity contribution in [1.82, 2.24) is 8.78 Å². The summed E-state index contributed by atoms with van der Waals surface area (Å²) in [7, 11) is 12.2. The predicted molar refractivity (Wildman–Crippen MR) is 96.8 cm³/mol. The van der Waals surface area contributed by atoms with Gasteiger partial charge in [-0.3, -0.25) is 4.44 Å². The molecule has 0 aliphatic heterocycles. The van der Waals surface area contributed by atoms with Crippen molar-refractivity contribution in [3.63, 3.8) is 0 Å². The van der Waals surface area contributed by atoms with Gasteiger partial charge in [0, 0.05) is 25.2 Å². The molecule has 1 heterocycles. The third-order valence-electron chi connectivity index (χ3n) is 3.05. The second-order valence-electron chi connectivity index (χ2n) is 4.28. The van der Waals surface area contributed by atoms with E-state index in [1.807, 2.05) is 11.5 Å². The molecule has 104 valence electrons. The minimum atomic E-state index is 0.839. The van der Waals surface area contributed by atoms with Crippen molar-refractivity contribution < 1.29 is 4.52 Å². The average Bonchev–Trinajstić information content (AvgIpc) is 2.71. The molecule has 2 aromatic rings. The number of benzene rings is 1. The molecule has 0 saturated carbocycles. The maximum atomic E-state index is 5.35. The van der Waals surface area contributed by atoms with Crippen molar-refractivity contribution in [2.75, 3.05) is 18.9 Å². The molecule has 4 nitrogen and oxygen atoms in total. The molecule has 19 heavy (non-hydrogen) atoms. The van der Waals surface area contributed by atoms with E-state index in [4.69, 9.17) is 4.52 Å². The standard InChI is InChI=1S/C11H19N3OP4/c1-12-9-5-10-8(4-11(9)15-19)7(6-13(10)16)2-3-14(17)18/h4-6,12H,2-3,16-19H2,1H3. The quantitative estimate of drug-likeness (QED) is 0.854. The molecule has 0 aliphatic carbocycles. The largest absolute Gasteiger partial charge is 0.478 e. The molecule has 2 rings (SSSR count). The molecule has 0 bridgehead atoms. The Balaban J connectivity index is 2.49. The molecular formula is C11H19N3OP4. The second-order valence-corrected chi connectivity index (χ2v) is 7.00. The summed E-state index contributed by atoms with van der Waals surface area (Å²) in [4.78, 5) is 0. The Kier molecular flexibility index (Phi) is 5.41. The summed E-state index contributed by atoms with van der Waals surface area (Å²) in [6.45, 7) is 0.962. The number of rotatable bonds is 5. The summed E-state index contributed by atoms with van der Waals surface area (Å²) in [5.74, 6) is 0.839. The first-order chi connectivity index (χ1) is 9.06. The van der Waals surface area contributed by atoms with Crippen LogP contribution in [0, 0.1) is 0 Å². The zero-order valence-corrected chi connectivity index (χ0v) is 15.4. The predicted octanol–water partition coefficient (Wildman–Crippen LogP) is 2.91. The van der Waals surface area contributed by atoms with Crippen LogP contribution >= 0.6 is 37.6 Å². The topological polar surface area (TPSA) is 29.4 Å². The summed E-state index contributed by atoms with van der Waals surface area (Å²) in [5, 5.41) is 4.37. The molecule has 0 spiro atoms. The van der Waals surface area contributed by atoms with Crippen LogP contribution < -0.4 is 9.84 Å². The van der Waals surface area contributed by atoms with Crippen LogP contribution in [-0.4, -0.2) is 22.4 Å². The van der Waals surface area contributed by atoms with Crippen LogP contribution in [0.15, 0.2) is 18.3 Å². The molecule has 0 amide bonds. The van der Waals surface area contributed by atoms with Crippen molar-refractivity contribution in [1.29, 1.82) is 0 Å². The molecule has 8 heteroatoms. The molecule has 4 unspecified atom stereocenters. The fourth-order valence-electron chi connectivity index (χ4n) is 2.09. The lowest BCUT2D eigenvalue weighted by Gasteiger charge is -2.10. The van der Waals surface area contributed by atoms with Gasteiger partial charge in [-0.05, 0) is 33.5 Å². The van der Waals surface area contributed by atoms with E-state index < -0.39 is 0 Å². The summed E-state index contributed by atoms with van der Waals surface area (Å²) >= 11 is 0.